The van der Waals surface area contributed by atoms with Crippen LogP contribution in [0.1, 0.15) is 28.7 Å². The Hall–Kier alpha value is -3.40. The van der Waals surface area contributed by atoms with E-state index >= 15 is 0 Å². The molecule has 3 aromatic rings. The van der Waals surface area contributed by atoms with Crippen LogP contribution in [0.5, 0.6) is 0 Å². The Kier molecular flexibility index (Phi) is 5.53. The van der Waals surface area contributed by atoms with E-state index in [9.17, 15) is 18.4 Å². The van der Waals surface area contributed by atoms with Gasteiger partial charge in [-0.25, -0.2) is 14.4 Å². The Morgan fingerprint density at radius 2 is 1.94 bits per heavy atom. The van der Waals surface area contributed by atoms with Crippen LogP contribution in [0.2, 0.25) is 0 Å². The van der Waals surface area contributed by atoms with Crippen molar-refractivity contribution in [1.29, 1.82) is 0 Å². The molecule has 1 aromatic carbocycles. The Balaban J connectivity index is 1.18. The number of anilines is 1. The van der Waals surface area contributed by atoms with Crippen LogP contribution in [0.3, 0.4) is 0 Å². The van der Waals surface area contributed by atoms with Gasteiger partial charge in [-0.15, -0.1) is 0 Å². The summed E-state index contributed by atoms with van der Waals surface area (Å²) < 4.78 is 27.9. The van der Waals surface area contributed by atoms with E-state index < -0.39 is 17.7 Å². The second-order valence-electron chi connectivity index (χ2n) is 8.59. The average molecular weight is 454 g/mol. The number of nitrogens with one attached hydrogen (secondary N) is 2. The summed E-state index contributed by atoms with van der Waals surface area (Å²) in [6.07, 6.45) is 0.940. The maximum atomic E-state index is 14.5. The molecule has 0 spiro atoms. The van der Waals surface area contributed by atoms with E-state index in [2.05, 4.69) is 25.2 Å². The van der Waals surface area contributed by atoms with Gasteiger partial charge < -0.3 is 15.2 Å². The first kappa shape index (κ1) is 21.4. The first-order chi connectivity index (χ1) is 15.9. The molecular formula is C23H24F2N6O2. The highest BCUT2D eigenvalue weighted by Gasteiger charge is 2.41. The molecule has 2 atom stereocenters. The molecule has 2 fully saturated rings. The van der Waals surface area contributed by atoms with Gasteiger partial charge in [0.1, 0.15) is 17.3 Å². The molecular weight excluding hydrogens is 430 g/mol. The van der Waals surface area contributed by atoms with Crippen molar-refractivity contribution in [2.75, 3.05) is 44.7 Å². The van der Waals surface area contributed by atoms with Gasteiger partial charge in [-0.1, -0.05) is 0 Å². The molecule has 1 amide bonds. The van der Waals surface area contributed by atoms with Crippen LogP contribution in [-0.2, 0) is 0 Å². The van der Waals surface area contributed by atoms with Gasteiger partial charge in [0.05, 0.1) is 16.6 Å². The predicted molar refractivity (Wildman–Crippen MR) is 119 cm³/mol. The van der Waals surface area contributed by atoms with Crippen molar-refractivity contribution in [3.05, 3.63) is 64.0 Å². The minimum absolute atomic E-state index is 0.0580. The molecule has 0 unspecified atom stereocenters. The third-order valence-corrected chi connectivity index (χ3v) is 6.45. The van der Waals surface area contributed by atoms with Crippen LogP contribution in [0, 0.1) is 17.7 Å². The maximum absolute atomic E-state index is 14.5. The van der Waals surface area contributed by atoms with Crippen molar-refractivity contribution in [3.63, 3.8) is 0 Å². The zero-order valence-electron chi connectivity index (χ0n) is 18.1. The number of aromatic amines is 1. The molecule has 2 N–H and O–H groups in total. The van der Waals surface area contributed by atoms with Crippen LogP contribution >= 0.6 is 0 Å². The van der Waals surface area contributed by atoms with Crippen molar-refractivity contribution < 1.29 is 13.6 Å². The molecule has 3 heterocycles. The number of fused-ring (bicyclic) bond motifs is 1. The number of benzene rings is 1. The van der Waals surface area contributed by atoms with E-state index in [4.69, 9.17) is 0 Å². The van der Waals surface area contributed by atoms with Crippen LogP contribution in [0.15, 0.2) is 35.1 Å². The summed E-state index contributed by atoms with van der Waals surface area (Å²) in [7, 11) is 1.48. The number of piperazine rings is 1. The minimum Gasteiger partial charge on any atom is -0.365 e. The first-order valence-electron chi connectivity index (χ1n) is 11.0. The number of pyridine rings is 1. The molecule has 0 bridgehead atoms. The number of carbonyl (C=O) groups excluding carboxylic acids is 1. The molecule has 1 aliphatic carbocycles. The summed E-state index contributed by atoms with van der Waals surface area (Å²) in [4.78, 5) is 39.4. The summed E-state index contributed by atoms with van der Waals surface area (Å²) in [6.45, 7) is 3.75. The van der Waals surface area contributed by atoms with Crippen molar-refractivity contribution in [2.24, 2.45) is 5.92 Å². The molecule has 2 aromatic heterocycles. The number of amides is 1. The number of hydrogen-bond acceptors (Lipinski definition) is 6. The number of halogens is 2. The van der Waals surface area contributed by atoms with Crippen molar-refractivity contribution in [1.82, 2.24) is 25.2 Å². The van der Waals surface area contributed by atoms with E-state index in [0.717, 1.165) is 26.1 Å². The smallest absolute Gasteiger partial charge is 0.269 e. The van der Waals surface area contributed by atoms with Crippen LogP contribution < -0.4 is 15.8 Å². The summed E-state index contributed by atoms with van der Waals surface area (Å²) >= 11 is 0. The maximum Gasteiger partial charge on any atom is 0.269 e. The van der Waals surface area contributed by atoms with Crippen LogP contribution in [0.25, 0.3) is 10.9 Å². The fourth-order valence-corrected chi connectivity index (χ4v) is 4.51. The van der Waals surface area contributed by atoms with Gasteiger partial charge >= 0.3 is 0 Å². The second kappa shape index (κ2) is 8.51. The fraction of sp³-hybridized carbons (Fsp3) is 0.391. The Morgan fingerprint density at radius 1 is 1.15 bits per heavy atom. The minimum atomic E-state index is -0.641. The molecule has 1 saturated carbocycles. The monoisotopic (exact) mass is 454 g/mol. The highest BCUT2D eigenvalue weighted by molar-refractivity contribution is 5.92. The predicted octanol–water partition coefficient (Wildman–Crippen LogP) is 1.88. The van der Waals surface area contributed by atoms with E-state index in [-0.39, 0.29) is 22.6 Å². The van der Waals surface area contributed by atoms with Gasteiger partial charge in [-0.2, -0.15) is 4.39 Å². The number of carbonyl (C=O) groups is 1. The van der Waals surface area contributed by atoms with Crippen LogP contribution in [0.4, 0.5) is 14.5 Å². The zero-order valence-corrected chi connectivity index (χ0v) is 18.1. The number of aromatic nitrogens is 3. The van der Waals surface area contributed by atoms with E-state index in [0.29, 0.717) is 36.0 Å². The molecule has 5 rings (SSSR count). The van der Waals surface area contributed by atoms with Gasteiger partial charge in [0.15, 0.2) is 0 Å². The molecule has 0 radical (unpaired) electrons. The third kappa shape index (κ3) is 4.30. The summed E-state index contributed by atoms with van der Waals surface area (Å²) in [6, 6.07) is 7.19. The van der Waals surface area contributed by atoms with Gasteiger partial charge in [-0.05, 0) is 42.7 Å². The molecule has 1 aliphatic heterocycles. The molecule has 2 aliphatic rings. The second-order valence-corrected chi connectivity index (χ2v) is 8.59. The zero-order chi connectivity index (χ0) is 23.1. The van der Waals surface area contributed by atoms with Crippen molar-refractivity contribution in [2.45, 2.75) is 12.3 Å². The van der Waals surface area contributed by atoms with E-state index in [1.807, 2.05) is 4.90 Å². The highest BCUT2D eigenvalue weighted by Crippen LogP contribution is 2.46. The quantitative estimate of drug-likeness (QED) is 0.572. The molecule has 1 saturated heterocycles. The lowest BCUT2D eigenvalue weighted by Crippen LogP contribution is -2.47. The van der Waals surface area contributed by atoms with Crippen molar-refractivity contribution >= 4 is 22.5 Å². The lowest BCUT2D eigenvalue weighted by molar-refractivity contribution is 0.0957. The molecule has 33 heavy (non-hydrogen) atoms. The standard InChI is InChI=1S/C23H24F2N6O2/c1-26-23(33)18-4-5-19(20(25)27-18)31-8-6-30(7-9-31)12-13-10-15(13)21-28-17-3-2-14(24)11-16(17)22(32)29-21/h2-5,11,13,15H,6-10,12H2,1H3,(H,26,33)(H,28,29,32)/t13-,15+/m0/s1. The number of rotatable bonds is 5. The largest absolute Gasteiger partial charge is 0.365 e. The van der Waals surface area contributed by atoms with Gasteiger partial charge in [0, 0.05) is 45.7 Å². The van der Waals surface area contributed by atoms with Crippen molar-refractivity contribution in [3.8, 4) is 0 Å². The summed E-state index contributed by atoms with van der Waals surface area (Å²) in [5, 5.41) is 2.70. The molecule has 10 heteroatoms. The SMILES string of the molecule is CNC(=O)c1ccc(N2CCN(C[C@@H]3C[C@H]3c3nc4ccc(F)cc4c(=O)[nH]3)CC2)c(F)n1. The highest BCUT2D eigenvalue weighted by atomic mass is 19.1. The summed E-state index contributed by atoms with van der Waals surface area (Å²) in [5.41, 5.74) is 0.655. The van der Waals surface area contributed by atoms with E-state index in [1.54, 1.807) is 6.07 Å². The lowest BCUT2D eigenvalue weighted by Gasteiger charge is -2.36. The molecule has 8 nitrogen and oxygen atoms in total. The first-order valence-corrected chi connectivity index (χ1v) is 11.0. The lowest BCUT2D eigenvalue weighted by atomic mass is 10.2. The number of H-pyrrole nitrogens is 1. The van der Waals surface area contributed by atoms with Gasteiger partial charge in [0.25, 0.3) is 11.5 Å². The van der Waals surface area contributed by atoms with Gasteiger partial charge in [0.2, 0.25) is 5.95 Å². The van der Waals surface area contributed by atoms with E-state index in [1.165, 1.54) is 31.3 Å². The van der Waals surface area contributed by atoms with Gasteiger partial charge in [-0.3, -0.25) is 14.5 Å². The summed E-state index contributed by atoms with van der Waals surface area (Å²) in [5.74, 6) is -0.278. The normalized spacial score (nSPS) is 20.8. The average Bonchev–Trinajstić information content (AvgIpc) is 3.58. The number of hydrogen-bond donors (Lipinski definition) is 2. The Bertz CT molecular complexity index is 1270. The topological polar surface area (TPSA) is 94.2 Å². The third-order valence-electron chi connectivity index (χ3n) is 6.45. The van der Waals surface area contributed by atoms with Crippen LogP contribution in [-0.4, -0.2) is 65.5 Å². The fourth-order valence-electron chi connectivity index (χ4n) is 4.51. The Morgan fingerprint density at radius 3 is 2.67 bits per heavy atom. The Labute approximate surface area is 188 Å². The number of nitrogens with zero attached hydrogens (tertiary/aromatic N) is 4. The molecule has 172 valence electrons.